The minimum absolute atomic E-state index is 0.114. The second-order valence-electron chi connectivity index (χ2n) is 8.80. The first-order valence-electron chi connectivity index (χ1n) is 11.4. The molecule has 0 spiro atoms. The molecule has 0 amide bonds. The van der Waals surface area contributed by atoms with Crippen molar-refractivity contribution in [1.29, 1.82) is 0 Å². The Morgan fingerprint density at radius 1 is 0.833 bits per heavy atom. The van der Waals surface area contributed by atoms with Crippen LogP contribution in [0, 0.1) is 6.92 Å². The van der Waals surface area contributed by atoms with Crippen molar-refractivity contribution in [3.8, 4) is 39.1 Å². The lowest BCUT2D eigenvalue weighted by atomic mass is 9.96. The molecule has 36 heavy (non-hydrogen) atoms. The predicted molar refractivity (Wildman–Crippen MR) is 144 cm³/mol. The van der Waals surface area contributed by atoms with Gasteiger partial charge >= 0.3 is 5.97 Å². The highest BCUT2D eigenvalue weighted by Crippen LogP contribution is 2.35. The van der Waals surface area contributed by atoms with Crippen LogP contribution >= 0.6 is 11.6 Å². The Labute approximate surface area is 212 Å². The molecular formula is C30H22ClNO4. The smallest absolute Gasteiger partial charge is 0.307 e. The van der Waals surface area contributed by atoms with Crippen LogP contribution in [-0.2, 0) is 11.2 Å². The number of aliphatic carboxylic acids is 1. The fourth-order valence-electron chi connectivity index (χ4n) is 4.51. The van der Waals surface area contributed by atoms with E-state index in [9.17, 15) is 19.8 Å². The number of para-hydroxylation sites is 1. The fourth-order valence-corrected chi connectivity index (χ4v) is 4.78. The highest BCUT2D eigenvalue weighted by molar-refractivity contribution is 6.34. The van der Waals surface area contributed by atoms with Crippen LogP contribution in [-0.4, -0.2) is 21.2 Å². The number of halogens is 1. The molecule has 178 valence electrons. The molecule has 0 fully saturated rings. The molecule has 0 aliphatic carbocycles. The number of carboxylic acids is 1. The Morgan fingerprint density at radius 2 is 1.50 bits per heavy atom. The second kappa shape index (κ2) is 9.36. The summed E-state index contributed by atoms with van der Waals surface area (Å²) in [5, 5.41) is 20.6. The lowest BCUT2D eigenvalue weighted by molar-refractivity contribution is -0.136. The summed E-state index contributed by atoms with van der Waals surface area (Å²) in [6, 6.07) is 25.8. The molecule has 0 saturated carbocycles. The number of carboxylic acid groups (broad SMARTS) is 1. The lowest BCUT2D eigenvalue weighted by Gasteiger charge is -2.11. The minimum Gasteiger partial charge on any atom is -0.507 e. The number of hydrogen-bond acceptors (Lipinski definition) is 3. The summed E-state index contributed by atoms with van der Waals surface area (Å²) in [6.45, 7) is 1.88. The van der Waals surface area contributed by atoms with E-state index in [0.717, 1.165) is 33.2 Å². The van der Waals surface area contributed by atoms with Crippen LogP contribution in [0.3, 0.4) is 0 Å². The van der Waals surface area contributed by atoms with E-state index in [0.29, 0.717) is 27.2 Å². The van der Waals surface area contributed by atoms with Crippen molar-refractivity contribution in [2.75, 3.05) is 0 Å². The number of pyridine rings is 1. The van der Waals surface area contributed by atoms with Crippen LogP contribution in [0.25, 0.3) is 44.3 Å². The van der Waals surface area contributed by atoms with Crippen molar-refractivity contribution in [3.63, 3.8) is 0 Å². The van der Waals surface area contributed by atoms with Gasteiger partial charge in [0.15, 0.2) is 0 Å². The van der Waals surface area contributed by atoms with E-state index in [-0.39, 0.29) is 17.7 Å². The topological polar surface area (TPSA) is 90.4 Å². The molecule has 0 unspecified atom stereocenters. The zero-order valence-corrected chi connectivity index (χ0v) is 20.1. The molecule has 0 atom stereocenters. The summed E-state index contributed by atoms with van der Waals surface area (Å²) in [4.78, 5) is 27.0. The van der Waals surface area contributed by atoms with Gasteiger partial charge in [-0.05, 0) is 58.8 Å². The van der Waals surface area contributed by atoms with Crippen molar-refractivity contribution in [1.82, 2.24) is 4.98 Å². The zero-order valence-electron chi connectivity index (χ0n) is 19.4. The summed E-state index contributed by atoms with van der Waals surface area (Å²) in [7, 11) is 0. The second-order valence-corrected chi connectivity index (χ2v) is 9.21. The quantitative estimate of drug-likeness (QED) is 0.249. The van der Waals surface area contributed by atoms with Gasteiger partial charge in [-0.2, -0.15) is 0 Å². The number of aromatic nitrogens is 1. The minimum atomic E-state index is -0.924. The van der Waals surface area contributed by atoms with Crippen LogP contribution in [0.2, 0.25) is 5.02 Å². The number of phenolic OH excluding ortho intramolecular Hbond substituents is 1. The number of nitrogens with one attached hydrogen (secondary N) is 1. The average Bonchev–Trinajstić information content (AvgIpc) is 2.83. The third kappa shape index (κ3) is 4.61. The van der Waals surface area contributed by atoms with E-state index in [2.05, 4.69) is 4.98 Å². The number of fused-ring (bicyclic) bond motifs is 1. The molecule has 1 aromatic heterocycles. The van der Waals surface area contributed by atoms with Crippen molar-refractivity contribution in [2.45, 2.75) is 13.3 Å². The number of hydrogen-bond donors (Lipinski definition) is 3. The van der Waals surface area contributed by atoms with E-state index >= 15 is 0 Å². The molecule has 0 bridgehead atoms. The number of phenols is 1. The first-order valence-corrected chi connectivity index (χ1v) is 11.7. The lowest BCUT2D eigenvalue weighted by Crippen LogP contribution is -2.09. The number of benzene rings is 4. The Bertz CT molecular complexity index is 1690. The molecule has 5 aromatic rings. The standard InChI is InChI=1S/C30H22ClNO4/c1-17-10-18(13-29(34)35)12-21(11-17)25-15-22-14-24(26(31)16-27(22)32-30(25)36)20-8-6-19(7-9-20)23-4-2-3-5-28(23)33/h2-12,14-16,33H,13H2,1H3,(H,32,36)(H,34,35). The van der Waals surface area contributed by atoms with Gasteiger partial charge in [0.25, 0.3) is 5.56 Å². The number of aromatic amines is 1. The molecule has 0 aliphatic heterocycles. The summed E-state index contributed by atoms with van der Waals surface area (Å²) in [5.74, 6) is -0.708. The number of aromatic hydroxyl groups is 1. The Balaban J connectivity index is 1.58. The third-order valence-electron chi connectivity index (χ3n) is 6.15. The maximum atomic E-state index is 12.9. The molecule has 4 aromatic carbocycles. The van der Waals surface area contributed by atoms with Crippen LogP contribution in [0.4, 0.5) is 0 Å². The van der Waals surface area contributed by atoms with Gasteiger partial charge in [0.1, 0.15) is 5.75 Å². The van der Waals surface area contributed by atoms with Gasteiger partial charge < -0.3 is 15.2 Å². The van der Waals surface area contributed by atoms with Crippen LogP contribution < -0.4 is 5.56 Å². The third-order valence-corrected chi connectivity index (χ3v) is 6.46. The van der Waals surface area contributed by atoms with E-state index in [4.69, 9.17) is 11.6 Å². The largest absolute Gasteiger partial charge is 0.507 e. The summed E-state index contributed by atoms with van der Waals surface area (Å²) in [5.41, 5.74) is 6.32. The highest BCUT2D eigenvalue weighted by atomic mass is 35.5. The monoisotopic (exact) mass is 495 g/mol. The first-order chi connectivity index (χ1) is 17.3. The molecule has 0 aliphatic rings. The number of carbonyl (C=O) groups is 1. The first kappa shape index (κ1) is 23.4. The van der Waals surface area contributed by atoms with Crippen molar-refractivity contribution < 1.29 is 15.0 Å². The van der Waals surface area contributed by atoms with Gasteiger partial charge in [0.2, 0.25) is 0 Å². The average molecular weight is 496 g/mol. The Hall–Kier alpha value is -4.35. The number of H-pyrrole nitrogens is 1. The number of aryl methyl sites for hydroxylation is 1. The van der Waals surface area contributed by atoms with Crippen LogP contribution in [0.5, 0.6) is 5.75 Å². The van der Waals surface area contributed by atoms with E-state index in [1.807, 2.05) is 67.6 Å². The molecule has 0 radical (unpaired) electrons. The molecule has 5 rings (SSSR count). The zero-order chi connectivity index (χ0) is 25.4. The maximum Gasteiger partial charge on any atom is 0.307 e. The van der Waals surface area contributed by atoms with E-state index in [1.165, 1.54) is 0 Å². The SMILES string of the molecule is Cc1cc(CC(=O)O)cc(-c2cc3cc(-c4ccc(-c5ccccc5O)cc4)c(Cl)cc3[nH]c2=O)c1. The maximum absolute atomic E-state index is 12.9. The van der Waals surface area contributed by atoms with Gasteiger partial charge in [-0.3, -0.25) is 9.59 Å². The van der Waals surface area contributed by atoms with Crippen LogP contribution in [0.1, 0.15) is 11.1 Å². The Morgan fingerprint density at radius 3 is 2.19 bits per heavy atom. The summed E-state index contributed by atoms with van der Waals surface area (Å²) >= 11 is 6.60. The molecule has 6 heteroatoms. The van der Waals surface area contributed by atoms with Crippen molar-refractivity contribution in [2.24, 2.45) is 0 Å². The predicted octanol–water partition coefficient (Wildman–Crippen LogP) is 6.82. The fraction of sp³-hybridized carbons (Fsp3) is 0.0667. The van der Waals surface area contributed by atoms with E-state index < -0.39 is 5.97 Å². The Kier molecular flexibility index (Phi) is 6.08. The summed E-state index contributed by atoms with van der Waals surface area (Å²) < 4.78 is 0. The molecule has 5 nitrogen and oxygen atoms in total. The highest BCUT2D eigenvalue weighted by Gasteiger charge is 2.13. The molecular weight excluding hydrogens is 474 g/mol. The van der Waals surface area contributed by atoms with Gasteiger partial charge in [0.05, 0.1) is 11.4 Å². The van der Waals surface area contributed by atoms with Crippen molar-refractivity contribution >= 4 is 28.5 Å². The normalized spacial score (nSPS) is 11.1. The molecule has 0 saturated heterocycles. The van der Waals surface area contributed by atoms with Crippen molar-refractivity contribution in [3.05, 3.63) is 111 Å². The van der Waals surface area contributed by atoms with Gasteiger partial charge in [-0.1, -0.05) is 77.8 Å². The van der Waals surface area contributed by atoms with Gasteiger partial charge in [-0.25, -0.2) is 0 Å². The van der Waals surface area contributed by atoms with Gasteiger partial charge in [-0.15, -0.1) is 0 Å². The number of rotatable bonds is 5. The van der Waals surface area contributed by atoms with Gasteiger partial charge in [0, 0.05) is 22.2 Å². The molecule has 1 heterocycles. The van der Waals surface area contributed by atoms with E-state index in [1.54, 1.807) is 24.3 Å². The summed E-state index contributed by atoms with van der Waals surface area (Å²) in [6.07, 6.45) is -0.114. The molecule has 3 N–H and O–H groups in total. The van der Waals surface area contributed by atoms with Crippen LogP contribution in [0.15, 0.2) is 89.7 Å².